The Balaban J connectivity index is 1.77. The Morgan fingerprint density at radius 2 is 1.95 bits per heavy atom. The highest BCUT2D eigenvalue weighted by molar-refractivity contribution is 5.96. The molecule has 4 rings (SSSR count). The molecule has 10 heteroatoms. The molecule has 41 heavy (non-hydrogen) atoms. The van der Waals surface area contributed by atoms with Crippen molar-refractivity contribution in [1.29, 1.82) is 0 Å². The number of amides is 2. The van der Waals surface area contributed by atoms with Crippen LogP contribution >= 0.6 is 0 Å². The molecule has 2 aromatic carbocycles. The van der Waals surface area contributed by atoms with Gasteiger partial charge in [-0.2, -0.15) is 0 Å². The maximum Gasteiger partial charge on any atom is 0.247 e. The highest BCUT2D eigenvalue weighted by Gasteiger charge is 2.51. The van der Waals surface area contributed by atoms with Crippen LogP contribution in [0.5, 0.6) is 17.2 Å². The Labute approximate surface area is 239 Å². The van der Waals surface area contributed by atoms with Crippen LogP contribution < -0.4 is 19.5 Å². The van der Waals surface area contributed by atoms with E-state index in [0.717, 1.165) is 5.56 Å². The molecule has 1 aliphatic heterocycles. The molecule has 0 spiro atoms. The highest BCUT2D eigenvalue weighted by atomic mass is 16.5. The van der Waals surface area contributed by atoms with Crippen LogP contribution in [0.1, 0.15) is 47.7 Å². The molecular weight excluding hydrogens is 528 g/mol. The first-order chi connectivity index (χ1) is 19.7. The Bertz CT molecular complexity index is 1310. The quantitative estimate of drug-likeness (QED) is 0.333. The summed E-state index contributed by atoms with van der Waals surface area (Å²) in [5.74, 6) is 0.0872. The molecule has 0 bridgehead atoms. The summed E-state index contributed by atoms with van der Waals surface area (Å²) in [6, 6.07) is 9.86. The van der Waals surface area contributed by atoms with Crippen molar-refractivity contribution in [2.24, 2.45) is 5.92 Å². The molecule has 1 aliphatic carbocycles. The van der Waals surface area contributed by atoms with E-state index in [4.69, 9.17) is 14.2 Å². The van der Waals surface area contributed by atoms with Gasteiger partial charge in [0.25, 0.3) is 0 Å². The maximum absolute atomic E-state index is 13.6. The summed E-state index contributed by atoms with van der Waals surface area (Å²) in [5.41, 5.74) is 2.11. The van der Waals surface area contributed by atoms with Crippen molar-refractivity contribution in [2.45, 2.75) is 50.9 Å². The third-order valence-corrected chi connectivity index (χ3v) is 7.45. The van der Waals surface area contributed by atoms with Gasteiger partial charge in [-0.25, -0.2) is 0 Å². The summed E-state index contributed by atoms with van der Waals surface area (Å²) in [4.78, 5) is 40.3. The SMILES string of the molecule is COc1cccc(CCN(C(=O)CC(C)C)[C@@H]2C=C(C(=O)NCCO)[C@@H]3c4cc(C=O)cc(OC)c4O[C@@H]3[C@H]2O)c1. The van der Waals surface area contributed by atoms with Gasteiger partial charge in [0.1, 0.15) is 24.2 Å². The first-order valence-electron chi connectivity index (χ1n) is 13.8. The van der Waals surface area contributed by atoms with Crippen molar-refractivity contribution >= 4 is 18.1 Å². The number of carbonyl (C=O) groups excluding carboxylic acids is 3. The van der Waals surface area contributed by atoms with Gasteiger partial charge in [-0.05, 0) is 48.2 Å². The minimum atomic E-state index is -1.19. The van der Waals surface area contributed by atoms with Gasteiger partial charge >= 0.3 is 0 Å². The minimum absolute atomic E-state index is 0.0258. The summed E-state index contributed by atoms with van der Waals surface area (Å²) in [7, 11) is 3.04. The Kier molecular flexibility index (Phi) is 9.67. The Hall–Kier alpha value is -3.89. The molecule has 0 saturated carbocycles. The van der Waals surface area contributed by atoms with Crippen LogP contribution in [0.25, 0.3) is 0 Å². The second kappa shape index (κ2) is 13.2. The lowest BCUT2D eigenvalue weighted by molar-refractivity contribution is -0.137. The smallest absolute Gasteiger partial charge is 0.247 e. The molecule has 0 saturated heterocycles. The molecule has 220 valence electrons. The third kappa shape index (κ3) is 6.39. The van der Waals surface area contributed by atoms with Crippen LogP contribution in [-0.2, 0) is 16.0 Å². The van der Waals surface area contributed by atoms with Gasteiger partial charge in [-0.3, -0.25) is 14.4 Å². The van der Waals surface area contributed by atoms with Gasteiger partial charge < -0.3 is 34.6 Å². The van der Waals surface area contributed by atoms with Gasteiger partial charge in [-0.15, -0.1) is 0 Å². The van der Waals surface area contributed by atoms with E-state index in [9.17, 15) is 24.6 Å². The van der Waals surface area contributed by atoms with Crippen molar-refractivity contribution in [2.75, 3.05) is 33.9 Å². The number of rotatable bonds is 12. The molecule has 1 heterocycles. The molecule has 2 aliphatic rings. The second-order valence-corrected chi connectivity index (χ2v) is 10.7. The van der Waals surface area contributed by atoms with Crippen LogP contribution in [-0.4, -0.2) is 85.4 Å². The lowest BCUT2D eigenvalue weighted by Gasteiger charge is -2.41. The highest BCUT2D eigenvalue weighted by Crippen LogP contribution is 2.51. The average Bonchev–Trinajstić information content (AvgIpc) is 3.36. The first kappa shape index (κ1) is 30.1. The van der Waals surface area contributed by atoms with Gasteiger partial charge in [0.05, 0.1) is 32.8 Å². The van der Waals surface area contributed by atoms with Gasteiger partial charge in [0.2, 0.25) is 11.8 Å². The normalized spacial score (nSPS) is 20.8. The predicted octanol–water partition coefficient (Wildman–Crippen LogP) is 2.26. The van der Waals surface area contributed by atoms with Crippen LogP contribution in [0.2, 0.25) is 0 Å². The predicted molar refractivity (Wildman–Crippen MR) is 151 cm³/mol. The van der Waals surface area contributed by atoms with Crippen molar-refractivity contribution in [1.82, 2.24) is 10.2 Å². The number of fused-ring (bicyclic) bond motifs is 3. The summed E-state index contributed by atoms with van der Waals surface area (Å²) >= 11 is 0. The van der Waals surface area contributed by atoms with Crippen LogP contribution in [0.15, 0.2) is 48.0 Å². The Morgan fingerprint density at radius 1 is 1.17 bits per heavy atom. The number of aliphatic hydroxyl groups excluding tert-OH is 2. The molecule has 0 aromatic heterocycles. The van der Waals surface area contributed by atoms with E-state index in [1.165, 1.54) is 13.2 Å². The molecule has 0 unspecified atom stereocenters. The lowest BCUT2D eigenvalue weighted by Crippen LogP contribution is -2.56. The van der Waals surface area contributed by atoms with E-state index in [2.05, 4.69) is 5.32 Å². The van der Waals surface area contributed by atoms with Crippen LogP contribution in [0.4, 0.5) is 0 Å². The lowest BCUT2D eigenvalue weighted by atomic mass is 9.77. The fourth-order valence-electron chi connectivity index (χ4n) is 5.54. The summed E-state index contributed by atoms with van der Waals surface area (Å²) in [6.07, 6.45) is 0.950. The maximum atomic E-state index is 13.6. The molecule has 3 N–H and O–H groups in total. The number of hydrogen-bond acceptors (Lipinski definition) is 8. The molecular formula is C31H38N2O8. The molecule has 0 radical (unpaired) electrons. The van der Waals surface area contributed by atoms with E-state index in [-0.39, 0.29) is 43.5 Å². The zero-order valence-corrected chi connectivity index (χ0v) is 23.8. The summed E-state index contributed by atoms with van der Waals surface area (Å²) in [5, 5.41) is 23.8. The van der Waals surface area contributed by atoms with Crippen molar-refractivity contribution in [3.05, 3.63) is 64.7 Å². The third-order valence-electron chi connectivity index (χ3n) is 7.45. The van der Waals surface area contributed by atoms with Gasteiger partial charge in [-0.1, -0.05) is 26.0 Å². The second-order valence-electron chi connectivity index (χ2n) is 10.7. The number of hydrogen-bond donors (Lipinski definition) is 3. The number of benzene rings is 2. The largest absolute Gasteiger partial charge is 0.497 e. The fraction of sp³-hybridized carbons (Fsp3) is 0.452. The van der Waals surface area contributed by atoms with E-state index >= 15 is 0 Å². The number of nitrogens with zero attached hydrogens (tertiary/aromatic N) is 1. The van der Waals surface area contributed by atoms with Crippen molar-refractivity contribution in [3.8, 4) is 17.2 Å². The minimum Gasteiger partial charge on any atom is -0.497 e. The molecule has 2 amide bonds. The van der Waals surface area contributed by atoms with Crippen molar-refractivity contribution in [3.63, 3.8) is 0 Å². The fourth-order valence-corrected chi connectivity index (χ4v) is 5.54. The number of ether oxygens (including phenoxy) is 3. The zero-order chi connectivity index (χ0) is 29.7. The molecule has 10 nitrogen and oxygen atoms in total. The summed E-state index contributed by atoms with van der Waals surface area (Å²) in [6.45, 7) is 3.95. The monoisotopic (exact) mass is 566 g/mol. The van der Waals surface area contributed by atoms with E-state index in [0.29, 0.717) is 41.1 Å². The average molecular weight is 567 g/mol. The number of nitrogens with one attached hydrogen (secondary N) is 1. The van der Waals surface area contributed by atoms with E-state index in [1.807, 2.05) is 38.1 Å². The first-order valence-corrected chi connectivity index (χ1v) is 13.8. The topological polar surface area (TPSA) is 135 Å². The van der Waals surface area contributed by atoms with Crippen LogP contribution in [0.3, 0.4) is 0 Å². The molecule has 4 atom stereocenters. The number of methoxy groups -OCH3 is 2. The number of aliphatic hydroxyl groups is 2. The van der Waals surface area contributed by atoms with Gasteiger partial charge in [0, 0.05) is 36.2 Å². The molecule has 0 fully saturated rings. The molecule has 2 aromatic rings. The summed E-state index contributed by atoms with van der Waals surface area (Å²) < 4.78 is 17.1. The zero-order valence-electron chi connectivity index (χ0n) is 23.8. The van der Waals surface area contributed by atoms with E-state index in [1.54, 1.807) is 24.2 Å². The Morgan fingerprint density at radius 3 is 2.61 bits per heavy atom. The van der Waals surface area contributed by atoms with E-state index < -0.39 is 30.1 Å². The van der Waals surface area contributed by atoms with Crippen LogP contribution in [0, 0.1) is 5.92 Å². The number of aldehydes is 1. The van der Waals surface area contributed by atoms with Crippen molar-refractivity contribution < 1.29 is 38.8 Å². The number of carbonyl (C=O) groups is 3. The van der Waals surface area contributed by atoms with Gasteiger partial charge in [0.15, 0.2) is 11.5 Å². The standard InChI is InChI=1S/C31H38N2O8/c1-18(2)12-26(36)33(10-8-19-6-5-7-21(13-19)39-3)24-16-23(31(38)32-9-11-34)27-22-14-20(17-35)15-25(40-4)29(22)41-30(27)28(24)37/h5-7,13-18,24,27-28,30,34,37H,8-12H2,1-4H3,(H,32,38)/t24-,27+,28+,30+/m1/s1.